The summed E-state index contributed by atoms with van der Waals surface area (Å²) in [6.07, 6.45) is 1.18. The van der Waals surface area contributed by atoms with Crippen molar-refractivity contribution in [2.75, 3.05) is 51.3 Å². The summed E-state index contributed by atoms with van der Waals surface area (Å²) in [5.74, 6) is 0.438. The third-order valence-corrected chi connectivity index (χ3v) is 6.32. The number of carbonyl (C=O) groups is 1. The van der Waals surface area contributed by atoms with Crippen LogP contribution < -0.4 is 0 Å². The minimum Gasteiger partial charge on any atom is -0.444 e. The molecule has 2 fully saturated rings. The molecule has 2 heterocycles. The minimum atomic E-state index is -2.87. The number of carbonyl (C=O) groups excluding carboxylic acids is 1. The summed E-state index contributed by atoms with van der Waals surface area (Å²) in [7, 11) is -1.17. The summed E-state index contributed by atoms with van der Waals surface area (Å²) in [5.41, 5.74) is -0.814. The number of piperidine rings is 1. The predicted octanol–water partition coefficient (Wildman–Crippen LogP) is 1.13. The first-order chi connectivity index (χ1) is 11.0. The summed E-state index contributed by atoms with van der Waals surface area (Å²) in [6.45, 7) is 8.59. The van der Waals surface area contributed by atoms with E-state index in [-0.39, 0.29) is 23.2 Å². The van der Waals surface area contributed by atoms with Gasteiger partial charge in [-0.1, -0.05) is 0 Å². The number of sulfone groups is 1. The van der Waals surface area contributed by atoms with Crippen molar-refractivity contribution in [3.63, 3.8) is 0 Å². The van der Waals surface area contributed by atoms with Gasteiger partial charge in [-0.3, -0.25) is 4.90 Å². The molecule has 0 atom stereocenters. The van der Waals surface area contributed by atoms with Gasteiger partial charge in [0, 0.05) is 39.8 Å². The van der Waals surface area contributed by atoms with Gasteiger partial charge in [0.15, 0.2) is 9.84 Å². The van der Waals surface area contributed by atoms with E-state index in [2.05, 4.69) is 4.90 Å². The Morgan fingerprint density at radius 2 is 1.62 bits per heavy atom. The topological polar surface area (TPSA) is 76.2 Å². The van der Waals surface area contributed by atoms with Crippen molar-refractivity contribution in [1.82, 2.24) is 9.80 Å². The average molecular weight is 362 g/mol. The highest BCUT2D eigenvalue weighted by molar-refractivity contribution is 7.91. The summed E-state index contributed by atoms with van der Waals surface area (Å²) in [5, 5.41) is 0. The van der Waals surface area contributed by atoms with E-state index in [0.29, 0.717) is 32.7 Å². The number of ether oxygens (including phenoxy) is 2. The zero-order valence-corrected chi connectivity index (χ0v) is 16.0. The summed E-state index contributed by atoms with van der Waals surface area (Å²) in [4.78, 5) is 16.0. The lowest BCUT2D eigenvalue weighted by molar-refractivity contribution is -0.0766. The Hall–Kier alpha value is -0.860. The van der Waals surface area contributed by atoms with Crippen molar-refractivity contribution in [3.05, 3.63) is 0 Å². The van der Waals surface area contributed by atoms with Crippen molar-refractivity contribution in [2.45, 2.75) is 44.8 Å². The zero-order valence-electron chi connectivity index (χ0n) is 15.2. The second kappa shape index (κ2) is 7.17. The predicted molar refractivity (Wildman–Crippen MR) is 91.9 cm³/mol. The molecule has 1 amide bonds. The molecule has 24 heavy (non-hydrogen) atoms. The molecule has 7 nitrogen and oxygen atoms in total. The van der Waals surface area contributed by atoms with Gasteiger partial charge in [0.2, 0.25) is 0 Å². The van der Waals surface area contributed by atoms with Gasteiger partial charge in [0.05, 0.1) is 17.1 Å². The minimum absolute atomic E-state index is 0.219. The Labute approximate surface area is 145 Å². The number of hydrogen-bond donors (Lipinski definition) is 0. The standard InChI is InChI=1S/C16H30N2O5S/c1-15(2,3)23-14(19)18-7-5-16(22-4,6-8-18)13-17-9-11-24(20,21)12-10-17/h5-13H2,1-4H3. The van der Waals surface area contributed by atoms with Crippen LogP contribution in [-0.2, 0) is 19.3 Å². The number of amides is 1. The fourth-order valence-corrected chi connectivity index (χ4v) is 4.44. The van der Waals surface area contributed by atoms with E-state index in [0.717, 1.165) is 12.8 Å². The highest BCUT2D eigenvalue weighted by atomic mass is 32.2. The monoisotopic (exact) mass is 362 g/mol. The van der Waals surface area contributed by atoms with Gasteiger partial charge < -0.3 is 14.4 Å². The molecule has 140 valence electrons. The third-order valence-electron chi connectivity index (χ3n) is 4.71. The van der Waals surface area contributed by atoms with E-state index in [9.17, 15) is 13.2 Å². The molecule has 2 rings (SSSR count). The van der Waals surface area contributed by atoms with Gasteiger partial charge in [-0.25, -0.2) is 13.2 Å². The van der Waals surface area contributed by atoms with Crippen LogP contribution in [0.3, 0.4) is 0 Å². The van der Waals surface area contributed by atoms with Crippen LogP contribution in [-0.4, -0.2) is 86.9 Å². The van der Waals surface area contributed by atoms with Crippen molar-refractivity contribution in [3.8, 4) is 0 Å². The van der Waals surface area contributed by atoms with Gasteiger partial charge >= 0.3 is 6.09 Å². The number of rotatable bonds is 3. The molecule has 2 aliphatic heterocycles. The normalized spacial score (nSPS) is 24.6. The lowest BCUT2D eigenvalue weighted by atomic mass is 9.90. The highest BCUT2D eigenvalue weighted by Gasteiger charge is 2.39. The Balaban J connectivity index is 1.88. The fourth-order valence-electron chi connectivity index (χ4n) is 3.17. The molecule has 2 aliphatic rings. The second-order valence-corrected chi connectivity index (χ2v) is 10.1. The molecule has 0 bridgehead atoms. The molecule has 2 saturated heterocycles. The smallest absolute Gasteiger partial charge is 0.410 e. The van der Waals surface area contributed by atoms with Crippen LogP contribution in [0, 0.1) is 0 Å². The molecule has 0 saturated carbocycles. The van der Waals surface area contributed by atoms with Crippen LogP contribution in [0.4, 0.5) is 4.79 Å². The zero-order chi connectivity index (χ0) is 18.0. The molecule has 0 spiro atoms. The summed E-state index contributed by atoms with van der Waals surface area (Å²) >= 11 is 0. The first-order valence-electron chi connectivity index (χ1n) is 8.50. The number of nitrogens with zero attached hydrogens (tertiary/aromatic N) is 2. The van der Waals surface area contributed by atoms with Crippen molar-refractivity contribution in [2.24, 2.45) is 0 Å². The van der Waals surface area contributed by atoms with Crippen molar-refractivity contribution >= 4 is 15.9 Å². The molecule has 0 N–H and O–H groups in total. The second-order valence-electron chi connectivity index (χ2n) is 7.78. The van der Waals surface area contributed by atoms with Crippen LogP contribution in [0.2, 0.25) is 0 Å². The lowest BCUT2D eigenvalue weighted by Crippen LogP contribution is -2.55. The molecule has 0 aromatic heterocycles. The van der Waals surface area contributed by atoms with E-state index in [1.165, 1.54) is 0 Å². The Morgan fingerprint density at radius 3 is 2.08 bits per heavy atom. The van der Waals surface area contributed by atoms with Crippen LogP contribution >= 0.6 is 0 Å². The third kappa shape index (κ3) is 5.32. The molecule has 0 aromatic carbocycles. The molecule has 8 heteroatoms. The number of hydrogen-bond acceptors (Lipinski definition) is 6. The molecule has 0 aliphatic carbocycles. The van der Waals surface area contributed by atoms with Gasteiger partial charge in [-0.15, -0.1) is 0 Å². The first-order valence-corrected chi connectivity index (χ1v) is 10.3. The molecule has 0 aromatic rings. The van der Waals surface area contributed by atoms with E-state index < -0.39 is 15.4 Å². The maximum atomic E-state index is 12.2. The van der Waals surface area contributed by atoms with E-state index >= 15 is 0 Å². The van der Waals surface area contributed by atoms with Gasteiger partial charge in [-0.2, -0.15) is 0 Å². The van der Waals surface area contributed by atoms with Crippen molar-refractivity contribution in [1.29, 1.82) is 0 Å². The summed E-state index contributed by atoms with van der Waals surface area (Å²) < 4.78 is 34.3. The quantitative estimate of drug-likeness (QED) is 0.749. The maximum Gasteiger partial charge on any atom is 0.410 e. The average Bonchev–Trinajstić information content (AvgIpc) is 2.48. The van der Waals surface area contributed by atoms with Gasteiger partial charge in [0.1, 0.15) is 5.60 Å². The van der Waals surface area contributed by atoms with Gasteiger partial charge in [-0.05, 0) is 33.6 Å². The molecular weight excluding hydrogens is 332 g/mol. The lowest BCUT2D eigenvalue weighted by Gasteiger charge is -2.44. The molecular formula is C16H30N2O5S. The Bertz CT molecular complexity index is 533. The van der Waals surface area contributed by atoms with Crippen LogP contribution in [0.25, 0.3) is 0 Å². The highest BCUT2D eigenvalue weighted by Crippen LogP contribution is 2.28. The van der Waals surface area contributed by atoms with E-state index in [4.69, 9.17) is 9.47 Å². The first kappa shape index (κ1) is 19.5. The molecule has 0 radical (unpaired) electrons. The van der Waals surface area contributed by atoms with Gasteiger partial charge in [0.25, 0.3) is 0 Å². The largest absolute Gasteiger partial charge is 0.444 e. The van der Waals surface area contributed by atoms with Crippen molar-refractivity contribution < 1.29 is 22.7 Å². The Kier molecular flexibility index (Phi) is 5.82. The number of likely N-dealkylation sites (tertiary alicyclic amines) is 1. The van der Waals surface area contributed by atoms with E-state index in [1.54, 1.807) is 12.0 Å². The van der Waals surface area contributed by atoms with Crippen LogP contribution in [0.15, 0.2) is 0 Å². The Morgan fingerprint density at radius 1 is 1.08 bits per heavy atom. The molecule has 0 unspecified atom stereocenters. The maximum absolute atomic E-state index is 12.2. The summed E-state index contributed by atoms with van der Waals surface area (Å²) in [6, 6.07) is 0. The van der Waals surface area contributed by atoms with Crippen LogP contribution in [0.1, 0.15) is 33.6 Å². The van der Waals surface area contributed by atoms with E-state index in [1.807, 2.05) is 20.8 Å². The van der Waals surface area contributed by atoms with Crippen LogP contribution in [0.5, 0.6) is 0 Å². The SMILES string of the molecule is COC1(CN2CCS(=O)(=O)CC2)CCN(C(=O)OC(C)(C)C)CC1. The fraction of sp³-hybridized carbons (Fsp3) is 0.938. The number of methoxy groups -OCH3 is 1.